The molecule has 0 atom stereocenters. The summed E-state index contributed by atoms with van der Waals surface area (Å²) >= 11 is 0. The molecule has 3 aromatic heterocycles. The largest absolute Gasteiger partial charge is 0.416 e. The predicted molar refractivity (Wildman–Crippen MR) is 219 cm³/mol. The Balaban J connectivity index is 1.78. The maximum Gasteiger partial charge on any atom is 0.416 e. The van der Waals surface area contributed by atoms with Crippen LogP contribution in [-0.2, 0) is 11.6 Å². The van der Waals surface area contributed by atoms with Gasteiger partial charge >= 0.3 is 6.18 Å². The van der Waals surface area contributed by atoms with Crippen molar-refractivity contribution < 1.29 is 13.2 Å². The molecule has 0 radical (unpaired) electrons. The molecule has 0 fully saturated rings. The molecule has 7 rings (SSSR count). The van der Waals surface area contributed by atoms with Gasteiger partial charge in [0.2, 0.25) is 5.62 Å². The Morgan fingerprint density at radius 2 is 0.927 bits per heavy atom. The number of hydrogen-bond donors (Lipinski definition) is 0. The quantitative estimate of drug-likeness (QED) is 0.163. The maximum absolute atomic E-state index is 14.3. The molecule has 9 heteroatoms. The van der Waals surface area contributed by atoms with Gasteiger partial charge in [0.1, 0.15) is 0 Å². The van der Waals surface area contributed by atoms with E-state index in [1.165, 1.54) is 6.07 Å². The minimum Gasteiger partial charge on any atom is -0.259 e. The van der Waals surface area contributed by atoms with Crippen LogP contribution in [0.3, 0.4) is 0 Å². The summed E-state index contributed by atoms with van der Waals surface area (Å²) in [5, 5.41) is 6.81. The Labute approximate surface area is 321 Å². The van der Waals surface area contributed by atoms with Crippen LogP contribution < -0.4 is 5.62 Å². The average molecular weight is 745 g/mol. The average Bonchev–Trinajstić information content (AvgIpc) is 3.61. The van der Waals surface area contributed by atoms with E-state index in [1.807, 2.05) is 16.8 Å². The van der Waals surface area contributed by atoms with E-state index in [1.54, 1.807) is 18.5 Å². The summed E-state index contributed by atoms with van der Waals surface area (Å²) < 4.78 is 49.0. The number of rotatable bonds is 7. The van der Waals surface area contributed by atoms with Crippen molar-refractivity contribution in [2.45, 2.75) is 111 Å². The van der Waals surface area contributed by atoms with Crippen LogP contribution in [0.5, 0.6) is 0 Å². The SMILES string of the molecule is CC(C)c1cccc(C(C)C)c1-n1c(=Nn2c3ccc(C(C)(C)C)cc3c3cc(C(F)(F)F)ccc32)n(-c2c(C(C)C)cccc2C(C)C)c2nccnc21. The normalized spacial score (nSPS) is 12.8. The van der Waals surface area contributed by atoms with Gasteiger partial charge in [-0.2, -0.15) is 13.2 Å². The molecule has 4 aromatic carbocycles. The monoisotopic (exact) mass is 744 g/mol. The van der Waals surface area contributed by atoms with Gasteiger partial charge in [0.05, 0.1) is 28.0 Å². The first-order valence-corrected chi connectivity index (χ1v) is 19.3. The number of alkyl halides is 3. The number of para-hydroxylation sites is 2. The van der Waals surface area contributed by atoms with Crippen molar-refractivity contribution in [3.05, 3.63) is 124 Å². The van der Waals surface area contributed by atoms with Crippen LogP contribution in [0.1, 0.15) is 133 Å². The second-order valence-corrected chi connectivity index (χ2v) is 17.0. The Morgan fingerprint density at radius 1 is 0.545 bits per heavy atom. The number of nitrogens with zero attached hydrogens (tertiary/aromatic N) is 6. The summed E-state index contributed by atoms with van der Waals surface area (Å²) in [6, 6.07) is 22.9. The van der Waals surface area contributed by atoms with Gasteiger partial charge in [-0.05, 0) is 87.2 Å². The van der Waals surface area contributed by atoms with Crippen LogP contribution in [0.25, 0.3) is 44.5 Å². The third kappa shape index (κ3) is 6.55. The van der Waals surface area contributed by atoms with E-state index in [9.17, 15) is 13.2 Å². The Bertz CT molecular complexity index is 2410. The van der Waals surface area contributed by atoms with Crippen molar-refractivity contribution in [1.29, 1.82) is 0 Å². The van der Waals surface area contributed by atoms with E-state index >= 15 is 0 Å². The fourth-order valence-corrected chi connectivity index (χ4v) is 7.81. The molecule has 0 aliphatic carbocycles. The number of benzene rings is 4. The zero-order valence-corrected chi connectivity index (χ0v) is 33.7. The number of imidazole rings is 1. The highest BCUT2D eigenvalue weighted by molar-refractivity contribution is 6.08. The maximum atomic E-state index is 14.3. The lowest BCUT2D eigenvalue weighted by molar-refractivity contribution is -0.137. The van der Waals surface area contributed by atoms with Crippen LogP contribution >= 0.6 is 0 Å². The van der Waals surface area contributed by atoms with Crippen LogP contribution in [0.15, 0.2) is 90.3 Å². The summed E-state index contributed by atoms with van der Waals surface area (Å²) in [6.45, 7) is 23.8. The fourth-order valence-electron chi connectivity index (χ4n) is 7.81. The molecule has 0 saturated heterocycles. The number of halogens is 3. The van der Waals surface area contributed by atoms with Crippen molar-refractivity contribution in [3.63, 3.8) is 0 Å². The van der Waals surface area contributed by atoms with E-state index in [0.717, 1.165) is 45.3 Å². The van der Waals surface area contributed by atoms with Gasteiger partial charge in [-0.15, -0.1) is 5.10 Å². The Hall–Kier alpha value is -5.18. The lowest BCUT2D eigenvalue weighted by atomic mass is 9.86. The Morgan fingerprint density at radius 3 is 1.29 bits per heavy atom. The first-order valence-electron chi connectivity index (χ1n) is 19.3. The van der Waals surface area contributed by atoms with Gasteiger partial charge in [0.25, 0.3) is 0 Å². The minimum atomic E-state index is -4.50. The summed E-state index contributed by atoms with van der Waals surface area (Å²) in [5.41, 5.74) is 9.69. The highest BCUT2D eigenvalue weighted by Crippen LogP contribution is 2.39. The first kappa shape index (κ1) is 38.1. The number of fused-ring (bicyclic) bond motifs is 4. The van der Waals surface area contributed by atoms with Crippen LogP contribution in [-0.4, -0.2) is 23.8 Å². The zero-order chi connectivity index (χ0) is 39.7. The molecule has 0 aliphatic heterocycles. The van der Waals surface area contributed by atoms with Gasteiger partial charge in [-0.1, -0.05) is 119 Å². The van der Waals surface area contributed by atoms with Crippen molar-refractivity contribution in [3.8, 4) is 11.4 Å². The van der Waals surface area contributed by atoms with Crippen LogP contribution in [0.4, 0.5) is 13.2 Å². The van der Waals surface area contributed by atoms with E-state index in [4.69, 9.17) is 15.1 Å². The minimum absolute atomic E-state index is 0.156. The third-order valence-electron chi connectivity index (χ3n) is 10.7. The molecule has 0 aliphatic rings. The molecule has 286 valence electrons. The smallest absolute Gasteiger partial charge is 0.259 e. The molecular weight excluding hydrogens is 694 g/mol. The molecule has 3 heterocycles. The summed E-state index contributed by atoms with van der Waals surface area (Å²) in [4.78, 5) is 10.1. The molecule has 0 unspecified atom stereocenters. The van der Waals surface area contributed by atoms with Gasteiger partial charge in [0, 0.05) is 23.2 Å². The highest BCUT2D eigenvalue weighted by atomic mass is 19.4. The molecule has 6 nitrogen and oxygen atoms in total. The topological polar surface area (TPSA) is 52.9 Å². The predicted octanol–water partition coefficient (Wildman–Crippen LogP) is 12.5. The summed E-state index contributed by atoms with van der Waals surface area (Å²) in [5.74, 6) is 0.623. The molecule has 0 saturated carbocycles. The highest BCUT2D eigenvalue weighted by Gasteiger charge is 2.32. The lowest BCUT2D eigenvalue weighted by Crippen LogP contribution is -2.29. The van der Waals surface area contributed by atoms with Gasteiger partial charge in [-0.3, -0.25) is 9.13 Å². The molecule has 0 amide bonds. The molecule has 0 bridgehead atoms. The number of hydrogen-bond acceptors (Lipinski definition) is 3. The van der Waals surface area contributed by atoms with Gasteiger partial charge in [-0.25, -0.2) is 14.6 Å². The van der Waals surface area contributed by atoms with Gasteiger partial charge < -0.3 is 0 Å². The zero-order valence-electron chi connectivity index (χ0n) is 33.7. The molecule has 55 heavy (non-hydrogen) atoms. The second-order valence-electron chi connectivity index (χ2n) is 17.0. The van der Waals surface area contributed by atoms with E-state index in [-0.39, 0.29) is 29.1 Å². The third-order valence-corrected chi connectivity index (χ3v) is 10.7. The lowest BCUT2D eigenvalue weighted by Gasteiger charge is -2.22. The first-order chi connectivity index (χ1) is 25.9. The van der Waals surface area contributed by atoms with Crippen molar-refractivity contribution in [2.75, 3.05) is 0 Å². The van der Waals surface area contributed by atoms with Crippen molar-refractivity contribution in [1.82, 2.24) is 23.8 Å². The van der Waals surface area contributed by atoms with Crippen molar-refractivity contribution in [2.24, 2.45) is 5.10 Å². The summed E-state index contributed by atoms with van der Waals surface area (Å²) in [6.07, 6.45) is -1.08. The second kappa shape index (κ2) is 13.8. The molecule has 7 aromatic rings. The van der Waals surface area contributed by atoms with E-state index in [0.29, 0.717) is 38.7 Å². The van der Waals surface area contributed by atoms with Gasteiger partial charge in [0.15, 0.2) is 11.3 Å². The van der Waals surface area contributed by atoms with Crippen LogP contribution in [0, 0.1) is 0 Å². The Kier molecular flexibility index (Phi) is 9.59. The molecular formula is C46H51F3N6. The fraction of sp³-hybridized carbons (Fsp3) is 0.370. The standard InChI is InChI=1S/C46H51F3N6/c1-26(2)32-14-12-15-33(27(3)4)40(32)53-42-43(51-23-22-50-42)54(41-34(28(5)6)16-13-17-35(41)29(7)8)44(53)52-55-38-20-18-30(45(9,10)11)24-36(38)37-25-31(46(47,48)49)19-21-39(37)55/h12-29H,1-11H3. The molecule has 0 spiro atoms. The van der Waals surface area contributed by atoms with E-state index < -0.39 is 11.7 Å². The molecule has 0 N–H and O–H groups in total. The van der Waals surface area contributed by atoms with E-state index in [2.05, 4.69) is 128 Å². The summed E-state index contributed by atoms with van der Waals surface area (Å²) in [7, 11) is 0. The van der Waals surface area contributed by atoms with Crippen LogP contribution in [0.2, 0.25) is 0 Å². The number of aromatic nitrogens is 5. The van der Waals surface area contributed by atoms with Crippen molar-refractivity contribution >= 4 is 33.1 Å².